The lowest BCUT2D eigenvalue weighted by atomic mass is 10.1. The summed E-state index contributed by atoms with van der Waals surface area (Å²) in [6, 6.07) is 13.7. The van der Waals surface area contributed by atoms with Gasteiger partial charge in [-0.1, -0.05) is 36.0 Å². The van der Waals surface area contributed by atoms with Gasteiger partial charge in [0.05, 0.1) is 24.1 Å². The van der Waals surface area contributed by atoms with Crippen molar-refractivity contribution < 1.29 is 9.53 Å². The Morgan fingerprint density at radius 2 is 1.83 bits per heavy atom. The maximum atomic E-state index is 12.9. The van der Waals surface area contributed by atoms with E-state index in [4.69, 9.17) is 28.6 Å². The number of carbonyl (C=O) groups excluding carboxylic acids is 1. The third-order valence-electron chi connectivity index (χ3n) is 6.21. The molecule has 0 aliphatic carbocycles. The molecule has 1 aliphatic heterocycles. The summed E-state index contributed by atoms with van der Waals surface area (Å²) in [5, 5.41) is 4.72. The summed E-state index contributed by atoms with van der Waals surface area (Å²) in [5.41, 5.74) is 3.01. The SMILES string of the molecule is O=C(Cc1cn(Cc2ccncc2)c2sc(CN3CCOCC3)cc2c1=S)NCc1ccc(Cl)cc1. The first-order valence-corrected chi connectivity index (χ1v) is 13.5. The Hall–Kier alpha value is -2.62. The van der Waals surface area contributed by atoms with E-state index in [1.165, 1.54) is 4.88 Å². The van der Waals surface area contributed by atoms with Crippen molar-refractivity contribution in [3.8, 4) is 0 Å². The first-order chi connectivity index (χ1) is 17.5. The zero-order chi connectivity index (χ0) is 24.9. The van der Waals surface area contributed by atoms with Gasteiger partial charge in [-0.3, -0.25) is 14.7 Å². The van der Waals surface area contributed by atoms with Crippen molar-refractivity contribution in [2.24, 2.45) is 0 Å². The number of ether oxygens (including phenoxy) is 1. The van der Waals surface area contributed by atoms with Gasteiger partial charge in [0.15, 0.2) is 0 Å². The number of nitrogens with zero attached hydrogens (tertiary/aromatic N) is 3. The summed E-state index contributed by atoms with van der Waals surface area (Å²) in [7, 11) is 0. The zero-order valence-corrected chi connectivity index (χ0v) is 22.2. The van der Waals surface area contributed by atoms with Gasteiger partial charge < -0.3 is 14.6 Å². The van der Waals surface area contributed by atoms with E-state index < -0.39 is 0 Å². The molecule has 186 valence electrons. The Balaban J connectivity index is 1.41. The number of rotatable bonds is 8. The second kappa shape index (κ2) is 11.6. The number of amides is 1. The number of hydrogen-bond donors (Lipinski definition) is 1. The molecular formula is C27H27ClN4O2S2. The monoisotopic (exact) mass is 538 g/mol. The lowest BCUT2D eigenvalue weighted by Crippen LogP contribution is -2.35. The first kappa shape index (κ1) is 25.0. The van der Waals surface area contributed by atoms with E-state index in [1.807, 2.05) is 42.6 Å². The molecule has 1 N–H and O–H groups in total. The number of fused-ring (bicyclic) bond motifs is 1. The fourth-order valence-corrected chi connectivity index (χ4v) is 5.96. The van der Waals surface area contributed by atoms with Crippen molar-refractivity contribution in [2.45, 2.75) is 26.1 Å². The van der Waals surface area contributed by atoms with Gasteiger partial charge in [0.2, 0.25) is 5.91 Å². The maximum Gasteiger partial charge on any atom is 0.224 e. The molecule has 0 unspecified atom stereocenters. The molecule has 0 spiro atoms. The standard InChI is InChI=1S/C27H27ClN4O2S2/c28-22-3-1-19(2-4-22)15-30-25(33)13-21-17-32(16-20-5-7-29-8-6-20)27-24(26(21)35)14-23(36-27)18-31-9-11-34-12-10-31/h1-8,14,17H,9-13,15-16,18H2,(H,30,33). The molecule has 9 heteroatoms. The maximum absolute atomic E-state index is 12.9. The van der Waals surface area contributed by atoms with E-state index in [2.05, 4.69) is 25.8 Å². The summed E-state index contributed by atoms with van der Waals surface area (Å²) in [5.74, 6) is -0.0605. The second-order valence-electron chi connectivity index (χ2n) is 8.87. The molecule has 1 amide bonds. The van der Waals surface area contributed by atoms with Crippen LogP contribution in [-0.4, -0.2) is 46.7 Å². The summed E-state index contributed by atoms with van der Waals surface area (Å²) >= 11 is 13.6. The van der Waals surface area contributed by atoms with Crippen LogP contribution < -0.4 is 5.32 Å². The molecule has 0 atom stereocenters. The largest absolute Gasteiger partial charge is 0.379 e. The van der Waals surface area contributed by atoms with Crippen LogP contribution in [-0.2, 0) is 35.6 Å². The minimum atomic E-state index is -0.0605. The number of pyridine rings is 2. The molecule has 5 rings (SSSR count). The normalized spacial score (nSPS) is 14.2. The lowest BCUT2D eigenvalue weighted by molar-refractivity contribution is -0.120. The van der Waals surface area contributed by atoms with Gasteiger partial charge in [-0.15, -0.1) is 11.3 Å². The zero-order valence-electron chi connectivity index (χ0n) is 19.8. The number of carbonyl (C=O) groups is 1. The summed E-state index contributed by atoms with van der Waals surface area (Å²) < 4.78 is 8.47. The molecule has 1 saturated heterocycles. The number of aromatic nitrogens is 2. The Morgan fingerprint density at radius 1 is 1.08 bits per heavy atom. The van der Waals surface area contributed by atoms with Crippen molar-refractivity contribution in [1.29, 1.82) is 0 Å². The van der Waals surface area contributed by atoms with E-state index in [-0.39, 0.29) is 12.3 Å². The van der Waals surface area contributed by atoms with Gasteiger partial charge in [-0.2, -0.15) is 0 Å². The fraction of sp³-hybridized carbons (Fsp3) is 0.296. The lowest BCUT2D eigenvalue weighted by Gasteiger charge is -2.25. The van der Waals surface area contributed by atoms with Crippen molar-refractivity contribution in [3.05, 3.63) is 92.2 Å². The van der Waals surface area contributed by atoms with Crippen LogP contribution in [0.5, 0.6) is 0 Å². The molecule has 0 saturated carbocycles. The van der Waals surface area contributed by atoms with Gasteiger partial charge in [0.1, 0.15) is 4.83 Å². The number of nitrogens with one attached hydrogen (secondary N) is 1. The predicted octanol–water partition coefficient (Wildman–Crippen LogP) is 5.22. The molecule has 36 heavy (non-hydrogen) atoms. The van der Waals surface area contributed by atoms with Crippen LogP contribution in [0, 0.1) is 4.51 Å². The van der Waals surface area contributed by atoms with Crippen LogP contribution in [0.1, 0.15) is 21.6 Å². The summed E-state index contributed by atoms with van der Waals surface area (Å²) in [4.78, 5) is 21.8. The Labute approximate surface area is 224 Å². The molecule has 1 fully saturated rings. The number of morpholine rings is 1. The van der Waals surface area contributed by atoms with Crippen LogP contribution in [0.3, 0.4) is 0 Å². The van der Waals surface area contributed by atoms with Gasteiger partial charge in [0.25, 0.3) is 0 Å². The Morgan fingerprint density at radius 3 is 2.58 bits per heavy atom. The van der Waals surface area contributed by atoms with Crippen LogP contribution in [0.25, 0.3) is 10.2 Å². The van der Waals surface area contributed by atoms with E-state index in [0.717, 1.165) is 64.3 Å². The number of halogens is 1. The molecule has 1 aromatic carbocycles. The predicted molar refractivity (Wildman–Crippen MR) is 147 cm³/mol. The fourth-order valence-electron chi connectivity index (χ4n) is 4.31. The highest BCUT2D eigenvalue weighted by Crippen LogP contribution is 2.30. The van der Waals surface area contributed by atoms with E-state index >= 15 is 0 Å². The molecular weight excluding hydrogens is 512 g/mol. The molecule has 3 aromatic heterocycles. The molecule has 4 heterocycles. The minimum Gasteiger partial charge on any atom is -0.379 e. The number of hydrogen-bond acceptors (Lipinski definition) is 6. The minimum absolute atomic E-state index is 0.0605. The van der Waals surface area contributed by atoms with Crippen LogP contribution in [0.2, 0.25) is 5.02 Å². The highest BCUT2D eigenvalue weighted by molar-refractivity contribution is 7.71. The van der Waals surface area contributed by atoms with Gasteiger partial charge in [-0.05, 0) is 47.0 Å². The molecule has 0 radical (unpaired) electrons. The second-order valence-corrected chi connectivity index (χ2v) is 10.8. The highest BCUT2D eigenvalue weighted by atomic mass is 35.5. The van der Waals surface area contributed by atoms with Crippen molar-refractivity contribution in [2.75, 3.05) is 26.3 Å². The summed E-state index contributed by atoms with van der Waals surface area (Å²) in [6.45, 7) is 5.43. The Bertz CT molecular complexity index is 1400. The third-order valence-corrected chi connectivity index (χ3v) is 8.10. The van der Waals surface area contributed by atoms with Crippen LogP contribution in [0.4, 0.5) is 0 Å². The molecule has 6 nitrogen and oxygen atoms in total. The highest BCUT2D eigenvalue weighted by Gasteiger charge is 2.17. The van der Waals surface area contributed by atoms with Gasteiger partial charge in [-0.25, -0.2) is 0 Å². The number of thiophene rings is 1. The van der Waals surface area contributed by atoms with E-state index in [1.54, 1.807) is 23.7 Å². The average molecular weight is 539 g/mol. The topological polar surface area (TPSA) is 59.4 Å². The number of benzene rings is 1. The summed E-state index contributed by atoms with van der Waals surface area (Å²) in [6.07, 6.45) is 5.88. The van der Waals surface area contributed by atoms with Crippen molar-refractivity contribution in [1.82, 2.24) is 19.8 Å². The van der Waals surface area contributed by atoms with E-state index in [9.17, 15) is 4.79 Å². The quantitative estimate of drug-likeness (QED) is 0.312. The van der Waals surface area contributed by atoms with Crippen molar-refractivity contribution in [3.63, 3.8) is 0 Å². The smallest absolute Gasteiger partial charge is 0.224 e. The van der Waals surface area contributed by atoms with Crippen molar-refractivity contribution >= 4 is 51.3 Å². The van der Waals surface area contributed by atoms with Crippen LogP contribution in [0.15, 0.2) is 61.1 Å². The van der Waals surface area contributed by atoms with E-state index in [0.29, 0.717) is 18.1 Å². The Kier molecular flexibility index (Phi) is 8.09. The first-order valence-electron chi connectivity index (χ1n) is 11.9. The molecule has 4 aromatic rings. The van der Waals surface area contributed by atoms with Gasteiger partial charge in [0, 0.05) is 66.6 Å². The molecule has 1 aliphatic rings. The molecule has 0 bridgehead atoms. The third kappa shape index (κ3) is 6.19. The van der Waals surface area contributed by atoms with Crippen LogP contribution >= 0.6 is 35.2 Å². The van der Waals surface area contributed by atoms with Gasteiger partial charge >= 0.3 is 0 Å². The average Bonchev–Trinajstić information content (AvgIpc) is 3.32.